The monoisotopic (exact) mass is 291 g/mol. The Kier molecular flexibility index (Phi) is 2.82. The van der Waals surface area contributed by atoms with Crippen molar-refractivity contribution in [2.24, 2.45) is 0 Å². The van der Waals surface area contributed by atoms with Crippen LogP contribution in [0, 0.1) is 0 Å². The Morgan fingerprint density at radius 3 is 2.86 bits per heavy atom. The summed E-state index contributed by atoms with van der Waals surface area (Å²) in [5.41, 5.74) is -1.60. The molecule has 0 saturated carbocycles. The number of hydrogen-bond donors (Lipinski definition) is 1. The number of fused-ring (bicyclic) bond motifs is 1. The van der Waals surface area contributed by atoms with Crippen LogP contribution in [0.3, 0.4) is 0 Å². The zero-order valence-electron chi connectivity index (χ0n) is 12.2. The van der Waals surface area contributed by atoms with E-state index in [9.17, 15) is 9.59 Å². The lowest BCUT2D eigenvalue weighted by molar-refractivity contribution is -0.147. The molecule has 7 nitrogen and oxygen atoms in total. The first kappa shape index (κ1) is 13.7. The maximum absolute atomic E-state index is 12.2. The second kappa shape index (κ2) is 4.34. The zero-order chi connectivity index (χ0) is 15.3. The van der Waals surface area contributed by atoms with Gasteiger partial charge in [-0.2, -0.15) is 0 Å². The SMILES string of the molecule is CC(C)(C)OC(=O)N1CC2(C1)Oc1cccnc1NC2=O. The van der Waals surface area contributed by atoms with Gasteiger partial charge in [-0.1, -0.05) is 0 Å². The molecule has 2 amide bonds. The van der Waals surface area contributed by atoms with Gasteiger partial charge >= 0.3 is 6.09 Å². The molecule has 3 heterocycles. The van der Waals surface area contributed by atoms with E-state index in [4.69, 9.17) is 9.47 Å². The lowest BCUT2D eigenvalue weighted by atomic mass is 9.92. The summed E-state index contributed by atoms with van der Waals surface area (Å²) < 4.78 is 11.0. The van der Waals surface area contributed by atoms with Crippen molar-refractivity contribution in [1.29, 1.82) is 0 Å². The van der Waals surface area contributed by atoms with Crippen molar-refractivity contribution in [1.82, 2.24) is 9.88 Å². The van der Waals surface area contributed by atoms with Gasteiger partial charge in [-0.3, -0.25) is 9.69 Å². The minimum Gasteiger partial charge on any atom is -0.470 e. The number of aromatic nitrogens is 1. The molecule has 7 heteroatoms. The molecule has 3 rings (SSSR count). The van der Waals surface area contributed by atoms with Gasteiger partial charge in [-0.15, -0.1) is 0 Å². The van der Waals surface area contributed by atoms with Crippen molar-refractivity contribution >= 4 is 17.8 Å². The van der Waals surface area contributed by atoms with E-state index >= 15 is 0 Å². The zero-order valence-corrected chi connectivity index (χ0v) is 12.2. The Labute approximate surface area is 122 Å². The third kappa shape index (κ3) is 2.39. The Morgan fingerprint density at radius 2 is 2.19 bits per heavy atom. The van der Waals surface area contributed by atoms with Crippen molar-refractivity contribution in [2.75, 3.05) is 18.4 Å². The summed E-state index contributed by atoms with van der Waals surface area (Å²) in [6.45, 7) is 5.73. The first-order chi connectivity index (χ1) is 9.79. The number of rotatable bonds is 0. The number of pyridine rings is 1. The molecular formula is C14H17N3O4. The number of nitrogens with zero attached hydrogens (tertiary/aromatic N) is 2. The van der Waals surface area contributed by atoms with Gasteiger partial charge in [0.05, 0.1) is 13.1 Å². The number of carbonyl (C=O) groups excluding carboxylic acids is 2. The molecule has 0 radical (unpaired) electrons. The fraction of sp³-hybridized carbons (Fsp3) is 0.500. The Hall–Kier alpha value is -2.31. The minimum atomic E-state index is -1.03. The predicted octanol–water partition coefficient (Wildman–Crippen LogP) is 1.40. The smallest absolute Gasteiger partial charge is 0.410 e. The summed E-state index contributed by atoms with van der Waals surface area (Å²) in [5, 5.41) is 2.71. The molecule has 1 N–H and O–H groups in total. The van der Waals surface area contributed by atoms with Gasteiger partial charge in [0.1, 0.15) is 5.60 Å². The van der Waals surface area contributed by atoms with Gasteiger partial charge in [0.25, 0.3) is 5.91 Å². The van der Waals surface area contributed by atoms with Crippen molar-refractivity contribution in [3.8, 4) is 5.75 Å². The van der Waals surface area contributed by atoms with E-state index < -0.39 is 17.3 Å². The molecule has 1 aromatic heterocycles. The van der Waals surface area contributed by atoms with Crippen LogP contribution < -0.4 is 10.1 Å². The van der Waals surface area contributed by atoms with Crippen LogP contribution in [0.5, 0.6) is 5.75 Å². The largest absolute Gasteiger partial charge is 0.470 e. The lowest BCUT2D eigenvalue weighted by Gasteiger charge is -2.49. The fourth-order valence-corrected chi connectivity index (χ4v) is 2.28. The first-order valence-corrected chi connectivity index (χ1v) is 6.73. The van der Waals surface area contributed by atoms with Gasteiger partial charge < -0.3 is 14.8 Å². The summed E-state index contributed by atoms with van der Waals surface area (Å²) in [5.74, 6) is 0.637. The second-order valence-electron chi connectivity index (χ2n) is 6.24. The highest BCUT2D eigenvalue weighted by molar-refractivity contribution is 6.01. The molecule has 0 aliphatic carbocycles. The normalized spacial score (nSPS) is 19.2. The van der Waals surface area contributed by atoms with Crippen LogP contribution >= 0.6 is 0 Å². The average Bonchev–Trinajstić information content (AvgIpc) is 2.33. The number of amides is 2. The quantitative estimate of drug-likeness (QED) is 0.781. The molecular weight excluding hydrogens is 274 g/mol. The first-order valence-electron chi connectivity index (χ1n) is 6.73. The van der Waals surface area contributed by atoms with Crippen LogP contribution in [0.1, 0.15) is 20.8 Å². The second-order valence-corrected chi connectivity index (χ2v) is 6.24. The van der Waals surface area contributed by atoms with Crippen molar-refractivity contribution < 1.29 is 19.1 Å². The molecule has 1 saturated heterocycles. The summed E-state index contributed by atoms with van der Waals surface area (Å²) in [4.78, 5) is 29.6. The summed E-state index contributed by atoms with van der Waals surface area (Å²) in [6.07, 6.45) is 1.13. The lowest BCUT2D eigenvalue weighted by Crippen LogP contribution is -2.73. The summed E-state index contributed by atoms with van der Waals surface area (Å²) in [6, 6.07) is 3.47. The van der Waals surface area contributed by atoms with Crippen LogP contribution in [0.25, 0.3) is 0 Å². The van der Waals surface area contributed by atoms with Crippen LogP contribution in [-0.4, -0.2) is 46.2 Å². The maximum Gasteiger partial charge on any atom is 0.410 e. The van der Waals surface area contributed by atoms with Gasteiger partial charge in [-0.25, -0.2) is 9.78 Å². The molecule has 2 aliphatic rings. The van der Waals surface area contributed by atoms with E-state index in [0.717, 1.165) is 0 Å². The number of ether oxygens (including phenoxy) is 2. The van der Waals surface area contributed by atoms with Crippen LogP contribution in [-0.2, 0) is 9.53 Å². The number of hydrogen-bond acceptors (Lipinski definition) is 5. The minimum absolute atomic E-state index is 0.169. The van der Waals surface area contributed by atoms with Crippen LogP contribution in [0.2, 0.25) is 0 Å². The summed E-state index contributed by atoms with van der Waals surface area (Å²) >= 11 is 0. The fourth-order valence-electron chi connectivity index (χ4n) is 2.28. The molecule has 1 fully saturated rings. The molecule has 0 bridgehead atoms. The highest BCUT2D eigenvalue weighted by Crippen LogP contribution is 2.37. The molecule has 1 aromatic rings. The standard InChI is InChI=1S/C14H17N3O4/c1-13(2,3)21-12(19)17-7-14(8-17)11(18)16-10-9(20-14)5-4-6-15-10/h4-6H,7-8H2,1-3H3,(H,15,16,18). The highest BCUT2D eigenvalue weighted by atomic mass is 16.6. The van der Waals surface area contributed by atoms with E-state index in [1.54, 1.807) is 39.1 Å². The third-order valence-corrected chi connectivity index (χ3v) is 3.27. The molecule has 2 aliphatic heterocycles. The molecule has 0 atom stereocenters. The Bertz CT molecular complexity index is 602. The van der Waals surface area contributed by atoms with E-state index in [1.807, 2.05) is 0 Å². The number of likely N-dealkylation sites (tertiary alicyclic amines) is 1. The molecule has 112 valence electrons. The predicted molar refractivity (Wildman–Crippen MR) is 74.0 cm³/mol. The average molecular weight is 291 g/mol. The molecule has 21 heavy (non-hydrogen) atoms. The van der Waals surface area contributed by atoms with E-state index in [1.165, 1.54) is 4.90 Å². The number of carbonyl (C=O) groups is 2. The third-order valence-electron chi connectivity index (χ3n) is 3.27. The van der Waals surface area contributed by atoms with Crippen molar-refractivity contribution in [3.05, 3.63) is 18.3 Å². The van der Waals surface area contributed by atoms with E-state index in [-0.39, 0.29) is 19.0 Å². The Balaban J connectivity index is 1.70. The van der Waals surface area contributed by atoms with Crippen molar-refractivity contribution in [3.63, 3.8) is 0 Å². The highest BCUT2D eigenvalue weighted by Gasteiger charge is 2.56. The van der Waals surface area contributed by atoms with Crippen LogP contribution in [0.4, 0.5) is 10.6 Å². The van der Waals surface area contributed by atoms with E-state index in [0.29, 0.717) is 11.6 Å². The topological polar surface area (TPSA) is 80.8 Å². The number of nitrogens with one attached hydrogen (secondary N) is 1. The Morgan fingerprint density at radius 1 is 1.48 bits per heavy atom. The molecule has 1 spiro atoms. The maximum atomic E-state index is 12.2. The van der Waals surface area contributed by atoms with E-state index in [2.05, 4.69) is 10.3 Å². The van der Waals surface area contributed by atoms with Gasteiger partial charge in [0.2, 0.25) is 5.60 Å². The van der Waals surface area contributed by atoms with Crippen LogP contribution in [0.15, 0.2) is 18.3 Å². The van der Waals surface area contributed by atoms with Crippen molar-refractivity contribution in [2.45, 2.75) is 32.0 Å². The number of anilines is 1. The van der Waals surface area contributed by atoms with Gasteiger partial charge in [0.15, 0.2) is 11.6 Å². The van der Waals surface area contributed by atoms with Gasteiger partial charge in [-0.05, 0) is 32.9 Å². The molecule has 0 unspecified atom stereocenters. The summed E-state index contributed by atoms with van der Waals surface area (Å²) in [7, 11) is 0. The molecule has 0 aromatic carbocycles. The van der Waals surface area contributed by atoms with Gasteiger partial charge in [0, 0.05) is 6.20 Å².